The summed E-state index contributed by atoms with van der Waals surface area (Å²) in [5.74, 6) is 0.170. The Morgan fingerprint density at radius 1 is 1.09 bits per heavy atom. The second kappa shape index (κ2) is 9.71. The number of rotatable bonds is 10. The molecule has 0 unspecified atom stereocenters. The Kier molecular flexibility index (Phi) is 7.60. The van der Waals surface area contributed by atoms with Crippen LogP contribution in [0.25, 0.3) is 10.1 Å². The van der Waals surface area contributed by atoms with Gasteiger partial charge in [0.25, 0.3) is 0 Å². The summed E-state index contributed by atoms with van der Waals surface area (Å²) in [7, 11) is 0. The van der Waals surface area contributed by atoms with Gasteiger partial charge in [-0.05, 0) is 53.6 Å². The fourth-order valence-electron chi connectivity index (χ4n) is 2.89. The molecule has 0 spiro atoms. The molecule has 1 amide bonds. The van der Waals surface area contributed by atoms with Crippen molar-refractivity contribution in [3.05, 3.63) is 34.7 Å². The van der Waals surface area contributed by atoms with Gasteiger partial charge in [0.15, 0.2) is 0 Å². The van der Waals surface area contributed by atoms with Gasteiger partial charge in [-0.3, -0.25) is 4.79 Å². The number of nitrogens with one attached hydrogen (secondary N) is 1. The van der Waals surface area contributed by atoms with E-state index in [1.807, 2.05) is 18.3 Å². The maximum absolute atomic E-state index is 11.6. The molecule has 0 fully saturated rings. The molecular formula is C20H29NOS. The zero-order valence-electron chi connectivity index (χ0n) is 14.5. The van der Waals surface area contributed by atoms with Crippen LogP contribution in [-0.2, 0) is 17.6 Å². The van der Waals surface area contributed by atoms with Crippen LogP contribution in [0.3, 0.4) is 0 Å². The number of fused-ring (bicyclic) bond motifs is 1. The van der Waals surface area contributed by atoms with Gasteiger partial charge in [0.2, 0.25) is 5.91 Å². The molecule has 0 radical (unpaired) electrons. The van der Waals surface area contributed by atoms with Gasteiger partial charge in [-0.2, -0.15) is 0 Å². The topological polar surface area (TPSA) is 29.1 Å². The van der Waals surface area contributed by atoms with Crippen LogP contribution in [0, 0.1) is 0 Å². The van der Waals surface area contributed by atoms with Crippen LogP contribution >= 0.6 is 11.3 Å². The molecule has 1 aromatic heterocycles. The lowest BCUT2D eigenvalue weighted by molar-refractivity contribution is -0.121. The third-order valence-corrected chi connectivity index (χ3v) is 5.24. The first-order chi connectivity index (χ1) is 11.2. The van der Waals surface area contributed by atoms with E-state index in [2.05, 4.69) is 35.8 Å². The smallest absolute Gasteiger partial charge is 0.219 e. The van der Waals surface area contributed by atoms with E-state index in [-0.39, 0.29) is 5.91 Å². The summed E-state index contributed by atoms with van der Waals surface area (Å²) in [5, 5.41) is 6.64. The van der Waals surface area contributed by atoms with Gasteiger partial charge >= 0.3 is 0 Å². The maximum Gasteiger partial charge on any atom is 0.219 e. The minimum atomic E-state index is 0.170. The summed E-state index contributed by atoms with van der Waals surface area (Å²) in [6, 6.07) is 6.90. The number of carbonyl (C=O) groups excluding carboxylic acids is 1. The molecule has 0 bridgehead atoms. The number of unbranched alkanes of at least 4 members (excludes halogenated alkanes) is 3. The van der Waals surface area contributed by atoms with Crippen LogP contribution in [0.5, 0.6) is 0 Å². The van der Waals surface area contributed by atoms with Crippen LogP contribution < -0.4 is 5.32 Å². The number of carbonyl (C=O) groups is 1. The zero-order chi connectivity index (χ0) is 16.5. The van der Waals surface area contributed by atoms with E-state index >= 15 is 0 Å². The fourth-order valence-corrected chi connectivity index (χ4v) is 3.86. The van der Waals surface area contributed by atoms with Gasteiger partial charge in [-0.25, -0.2) is 0 Å². The lowest BCUT2D eigenvalue weighted by Crippen LogP contribution is -2.25. The average Bonchev–Trinajstić information content (AvgIpc) is 2.94. The van der Waals surface area contributed by atoms with Crippen molar-refractivity contribution in [1.82, 2.24) is 5.32 Å². The molecular weight excluding hydrogens is 302 g/mol. The van der Waals surface area contributed by atoms with Gasteiger partial charge in [0.05, 0.1) is 0 Å². The molecule has 1 heterocycles. The van der Waals surface area contributed by atoms with Crippen molar-refractivity contribution in [2.75, 3.05) is 6.54 Å². The van der Waals surface area contributed by atoms with Crippen LogP contribution in [0.2, 0.25) is 0 Å². The quantitative estimate of drug-likeness (QED) is 0.574. The lowest BCUT2D eigenvalue weighted by atomic mass is 10.0. The molecule has 0 aliphatic rings. The van der Waals surface area contributed by atoms with Crippen molar-refractivity contribution in [1.29, 1.82) is 0 Å². The summed E-state index contributed by atoms with van der Waals surface area (Å²) >= 11 is 1.81. The molecule has 2 aromatic rings. The van der Waals surface area contributed by atoms with E-state index in [9.17, 15) is 4.79 Å². The summed E-state index contributed by atoms with van der Waals surface area (Å²) in [6.45, 7) is 5.03. The normalized spacial score (nSPS) is 11.0. The highest BCUT2D eigenvalue weighted by molar-refractivity contribution is 7.17. The first-order valence-corrected chi connectivity index (χ1v) is 9.88. The standard InChI is InChI=1S/C20H29NOS/c1-3-5-6-7-9-16-10-11-19-18(14-16)17(15-23-19)12-13-21-20(22)8-4-2/h10-11,14-15H,3-9,12-13H2,1-2H3,(H,21,22). The van der Waals surface area contributed by atoms with E-state index < -0.39 is 0 Å². The summed E-state index contributed by atoms with van der Waals surface area (Å²) < 4.78 is 1.36. The molecule has 3 heteroatoms. The molecule has 23 heavy (non-hydrogen) atoms. The second-order valence-electron chi connectivity index (χ2n) is 6.25. The maximum atomic E-state index is 11.6. The minimum absolute atomic E-state index is 0.170. The predicted octanol–water partition coefficient (Wildman–Crippen LogP) is 5.48. The Balaban J connectivity index is 1.93. The van der Waals surface area contributed by atoms with Crippen molar-refractivity contribution in [2.45, 2.75) is 65.2 Å². The van der Waals surface area contributed by atoms with Crippen molar-refractivity contribution < 1.29 is 4.79 Å². The van der Waals surface area contributed by atoms with Gasteiger partial charge in [-0.1, -0.05) is 45.2 Å². The lowest BCUT2D eigenvalue weighted by Gasteiger charge is -2.05. The number of aryl methyl sites for hydroxylation is 1. The molecule has 2 rings (SSSR count). The summed E-state index contributed by atoms with van der Waals surface area (Å²) in [5.41, 5.74) is 2.82. The molecule has 126 valence electrons. The Hall–Kier alpha value is -1.35. The van der Waals surface area contributed by atoms with Crippen LogP contribution in [0.1, 0.15) is 63.5 Å². The molecule has 0 aliphatic heterocycles. The Bertz CT molecular complexity index is 617. The van der Waals surface area contributed by atoms with E-state index in [4.69, 9.17) is 0 Å². The average molecular weight is 332 g/mol. The van der Waals surface area contributed by atoms with Crippen molar-refractivity contribution >= 4 is 27.3 Å². The van der Waals surface area contributed by atoms with Crippen LogP contribution in [0.4, 0.5) is 0 Å². The third kappa shape index (κ3) is 5.65. The van der Waals surface area contributed by atoms with Gasteiger partial charge < -0.3 is 5.32 Å². The summed E-state index contributed by atoms with van der Waals surface area (Å²) in [6.07, 6.45) is 8.88. The van der Waals surface area contributed by atoms with Gasteiger partial charge in [-0.15, -0.1) is 11.3 Å². The summed E-state index contributed by atoms with van der Waals surface area (Å²) in [4.78, 5) is 11.6. The molecule has 0 atom stereocenters. The van der Waals surface area contributed by atoms with Gasteiger partial charge in [0.1, 0.15) is 0 Å². The van der Waals surface area contributed by atoms with E-state index in [1.54, 1.807) is 0 Å². The van der Waals surface area contributed by atoms with E-state index in [0.29, 0.717) is 6.42 Å². The zero-order valence-corrected chi connectivity index (χ0v) is 15.3. The van der Waals surface area contributed by atoms with Crippen molar-refractivity contribution in [3.8, 4) is 0 Å². The van der Waals surface area contributed by atoms with Crippen molar-refractivity contribution in [3.63, 3.8) is 0 Å². The first-order valence-electron chi connectivity index (χ1n) is 9.00. The number of thiophene rings is 1. The second-order valence-corrected chi connectivity index (χ2v) is 7.16. The van der Waals surface area contributed by atoms with Crippen LogP contribution in [0.15, 0.2) is 23.6 Å². The fraction of sp³-hybridized carbons (Fsp3) is 0.550. The van der Waals surface area contributed by atoms with Crippen LogP contribution in [-0.4, -0.2) is 12.5 Å². The minimum Gasteiger partial charge on any atom is -0.356 e. The number of benzene rings is 1. The van der Waals surface area contributed by atoms with Crippen molar-refractivity contribution in [2.24, 2.45) is 0 Å². The molecule has 2 nitrogen and oxygen atoms in total. The molecule has 0 aliphatic carbocycles. The monoisotopic (exact) mass is 331 g/mol. The third-order valence-electron chi connectivity index (χ3n) is 4.23. The van der Waals surface area contributed by atoms with E-state index in [1.165, 1.54) is 53.3 Å². The number of amides is 1. The Labute approximate surface area is 144 Å². The molecule has 1 N–H and O–H groups in total. The molecule has 1 aromatic carbocycles. The SMILES string of the molecule is CCCCCCc1ccc2scc(CCNC(=O)CCC)c2c1. The Morgan fingerprint density at radius 3 is 2.74 bits per heavy atom. The highest BCUT2D eigenvalue weighted by atomic mass is 32.1. The predicted molar refractivity (Wildman–Crippen MR) is 101 cm³/mol. The molecule has 0 saturated carbocycles. The number of hydrogen-bond donors (Lipinski definition) is 1. The van der Waals surface area contributed by atoms with E-state index in [0.717, 1.165) is 19.4 Å². The largest absolute Gasteiger partial charge is 0.356 e. The highest BCUT2D eigenvalue weighted by Gasteiger charge is 2.06. The molecule has 0 saturated heterocycles. The Morgan fingerprint density at radius 2 is 1.96 bits per heavy atom. The number of hydrogen-bond acceptors (Lipinski definition) is 2. The first kappa shape index (κ1) is 18.0. The highest BCUT2D eigenvalue weighted by Crippen LogP contribution is 2.28. The van der Waals surface area contributed by atoms with Gasteiger partial charge in [0, 0.05) is 17.7 Å².